The van der Waals surface area contributed by atoms with Crippen LogP contribution in [0.15, 0.2) is 48.6 Å². The maximum atomic E-state index is 12.8. The minimum atomic E-state index is -4.41. The molecule has 0 aromatic heterocycles. The molecule has 0 bridgehead atoms. The van der Waals surface area contributed by atoms with Crippen LogP contribution in [-0.4, -0.2) is 59.0 Å². The van der Waals surface area contributed by atoms with Gasteiger partial charge in [-0.15, -0.1) is 0 Å². The first-order chi connectivity index (χ1) is 27.3. The van der Waals surface area contributed by atoms with Crippen LogP contribution in [0.3, 0.4) is 0 Å². The van der Waals surface area contributed by atoms with Gasteiger partial charge >= 0.3 is 7.82 Å². The van der Waals surface area contributed by atoms with Crippen molar-refractivity contribution in [3.63, 3.8) is 0 Å². The lowest BCUT2D eigenvalue weighted by Crippen LogP contribution is -2.46. The number of phosphoric ester groups is 1. The smallest absolute Gasteiger partial charge is 0.393 e. The van der Waals surface area contributed by atoms with E-state index in [4.69, 9.17) is 14.8 Å². The molecule has 1 amide bonds. The molecule has 9 nitrogen and oxygen atoms in total. The standard InChI is InChI=1S/C46H87N2O7P/c1-3-5-7-9-11-13-15-17-18-19-20-21-22-23-24-26-28-30-32-34-36-38-45(50)44(42-55-56(52,53)54-40-39-47)48-46(51)41-43(49)37-35-33-31-29-27-25-16-14-12-10-8-6-4-2/h12,14,16,25,28,30,36,38,43-45,49-50H,3-11,13,15,17-24,26-27,29,31-35,37,39-42,47H2,1-2H3,(H,48,51)(H,52,53)/b14-12-,25-16-,30-28+,38-36+. The topological polar surface area (TPSA) is 151 Å². The second-order valence-electron chi connectivity index (χ2n) is 15.5. The fraction of sp³-hybridized carbons (Fsp3) is 0.804. The number of nitrogens with two attached hydrogens (primary N) is 1. The number of hydrogen-bond donors (Lipinski definition) is 5. The van der Waals surface area contributed by atoms with Crippen LogP contribution in [0.1, 0.15) is 200 Å². The lowest BCUT2D eigenvalue weighted by Gasteiger charge is -2.24. The van der Waals surface area contributed by atoms with Gasteiger partial charge in [-0.25, -0.2) is 4.57 Å². The Morgan fingerprint density at radius 1 is 0.625 bits per heavy atom. The van der Waals surface area contributed by atoms with Gasteiger partial charge in [-0.3, -0.25) is 13.8 Å². The molecule has 0 saturated heterocycles. The van der Waals surface area contributed by atoms with Crippen molar-refractivity contribution in [2.45, 2.75) is 218 Å². The molecular formula is C46H87N2O7P. The van der Waals surface area contributed by atoms with Crippen molar-refractivity contribution >= 4 is 13.7 Å². The van der Waals surface area contributed by atoms with Crippen molar-refractivity contribution in [3.05, 3.63) is 48.6 Å². The summed E-state index contributed by atoms with van der Waals surface area (Å²) >= 11 is 0. The van der Waals surface area contributed by atoms with Crippen LogP contribution < -0.4 is 11.1 Å². The van der Waals surface area contributed by atoms with Gasteiger partial charge in [-0.2, -0.15) is 0 Å². The van der Waals surface area contributed by atoms with Crippen molar-refractivity contribution in [2.24, 2.45) is 5.73 Å². The van der Waals surface area contributed by atoms with E-state index in [1.807, 2.05) is 6.08 Å². The summed E-state index contributed by atoms with van der Waals surface area (Å²) in [6, 6.07) is -1.01. The molecule has 0 rings (SSSR count). The average Bonchev–Trinajstić information content (AvgIpc) is 3.17. The largest absolute Gasteiger partial charge is 0.472 e. The van der Waals surface area contributed by atoms with Gasteiger partial charge in [0.15, 0.2) is 0 Å². The van der Waals surface area contributed by atoms with Gasteiger partial charge in [-0.1, -0.05) is 184 Å². The van der Waals surface area contributed by atoms with E-state index in [-0.39, 0.29) is 19.6 Å². The van der Waals surface area contributed by atoms with Gasteiger partial charge in [0.05, 0.1) is 37.9 Å². The molecule has 0 aliphatic rings. The number of allylic oxidation sites excluding steroid dienone is 7. The molecule has 328 valence electrons. The summed E-state index contributed by atoms with van der Waals surface area (Å²) in [5.41, 5.74) is 5.36. The molecular weight excluding hydrogens is 723 g/mol. The number of unbranched alkanes of at least 4 members (excludes halogenated alkanes) is 23. The van der Waals surface area contributed by atoms with Crippen LogP contribution in [0.25, 0.3) is 0 Å². The molecule has 6 N–H and O–H groups in total. The first-order valence-corrected chi connectivity index (χ1v) is 24.4. The van der Waals surface area contributed by atoms with E-state index in [0.29, 0.717) is 12.8 Å². The normalized spacial score (nSPS) is 15.0. The van der Waals surface area contributed by atoms with E-state index in [2.05, 4.69) is 55.6 Å². The van der Waals surface area contributed by atoms with Gasteiger partial charge in [0, 0.05) is 6.54 Å². The fourth-order valence-electron chi connectivity index (χ4n) is 6.48. The number of aliphatic hydroxyl groups is 2. The second kappa shape index (κ2) is 41.6. The number of carbonyl (C=O) groups excluding carboxylic acids is 1. The second-order valence-corrected chi connectivity index (χ2v) is 16.9. The van der Waals surface area contributed by atoms with Crippen LogP contribution in [0.2, 0.25) is 0 Å². The minimum absolute atomic E-state index is 0.0408. The number of rotatable bonds is 42. The van der Waals surface area contributed by atoms with E-state index in [1.54, 1.807) is 6.08 Å². The number of amides is 1. The maximum Gasteiger partial charge on any atom is 0.472 e. The van der Waals surface area contributed by atoms with Gasteiger partial charge in [-0.05, 0) is 57.8 Å². The number of nitrogens with one attached hydrogen (secondary N) is 1. The summed E-state index contributed by atoms with van der Waals surface area (Å²) in [4.78, 5) is 22.7. The Labute approximate surface area is 344 Å². The van der Waals surface area contributed by atoms with Gasteiger partial charge in [0.25, 0.3) is 0 Å². The Bertz CT molecular complexity index is 1030. The fourth-order valence-corrected chi connectivity index (χ4v) is 7.24. The molecule has 0 aliphatic heterocycles. The Kier molecular flexibility index (Phi) is 40.4. The van der Waals surface area contributed by atoms with E-state index in [0.717, 1.165) is 51.4 Å². The summed E-state index contributed by atoms with van der Waals surface area (Å²) in [6.07, 6.45) is 47.8. The maximum absolute atomic E-state index is 12.8. The van der Waals surface area contributed by atoms with Crippen molar-refractivity contribution in [2.75, 3.05) is 19.8 Å². The average molecular weight is 811 g/mol. The predicted molar refractivity (Wildman–Crippen MR) is 237 cm³/mol. The minimum Gasteiger partial charge on any atom is -0.393 e. The highest BCUT2D eigenvalue weighted by Gasteiger charge is 2.27. The van der Waals surface area contributed by atoms with Crippen molar-refractivity contribution in [3.8, 4) is 0 Å². The SMILES string of the molecule is CCCCC/C=C\C=C/CCCCCCC(O)CC(=O)NC(COP(=O)(O)OCCN)C(O)/C=C/CC/C=C/CCCCCCCCCCCCCCCCC. The molecule has 4 unspecified atom stereocenters. The molecule has 56 heavy (non-hydrogen) atoms. The highest BCUT2D eigenvalue weighted by molar-refractivity contribution is 7.47. The van der Waals surface area contributed by atoms with Crippen LogP contribution in [0.5, 0.6) is 0 Å². The first-order valence-electron chi connectivity index (χ1n) is 22.9. The van der Waals surface area contributed by atoms with Gasteiger partial charge in [0.2, 0.25) is 5.91 Å². The van der Waals surface area contributed by atoms with Crippen LogP contribution in [0, 0.1) is 0 Å². The Hall–Kier alpha value is -1.58. The number of aliphatic hydroxyl groups excluding tert-OH is 2. The van der Waals surface area contributed by atoms with E-state index >= 15 is 0 Å². The van der Waals surface area contributed by atoms with E-state index in [1.165, 1.54) is 116 Å². The quantitative estimate of drug-likeness (QED) is 0.0177. The molecule has 0 heterocycles. The molecule has 0 saturated carbocycles. The number of carbonyl (C=O) groups is 1. The molecule has 4 atom stereocenters. The number of phosphoric acid groups is 1. The highest BCUT2D eigenvalue weighted by atomic mass is 31.2. The zero-order valence-electron chi connectivity index (χ0n) is 36.0. The summed E-state index contributed by atoms with van der Waals surface area (Å²) in [5.74, 6) is -0.469. The Morgan fingerprint density at radius 2 is 1.07 bits per heavy atom. The molecule has 0 spiro atoms. The van der Waals surface area contributed by atoms with Crippen LogP contribution in [-0.2, 0) is 18.4 Å². The lowest BCUT2D eigenvalue weighted by atomic mass is 10.0. The molecule has 0 radical (unpaired) electrons. The van der Waals surface area contributed by atoms with Crippen molar-refractivity contribution in [1.82, 2.24) is 5.32 Å². The van der Waals surface area contributed by atoms with Crippen LogP contribution in [0.4, 0.5) is 0 Å². The molecule has 10 heteroatoms. The third-order valence-electron chi connectivity index (χ3n) is 9.96. The van der Waals surface area contributed by atoms with Crippen LogP contribution >= 0.6 is 7.82 Å². The predicted octanol–water partition coefficient (Wildman–Crippen LogP) is 11.9. The number of hydrogen-bond acceptors (Lipinski definition) is 7. The summed E-state index contributed by atoms with van der Waals surface area (Å²) < 4.78 is 22.1. The van der Waals surface area contributed by atoms with Crippen molar-refractivity contribution < 1.29 is 33.5 Å². The zero-order chi connectivity index (χ0) is 41.2. The third kappa shape index (κ3) is 39.3. The molecule has 0 aromatic rings. The summed E-state index contributed by atoms with van der Waals surface area (Å²) in [6.45, 7) is 3.91. The first kappa shape index (κ1) is 54.4. The van der Waals surface area contributed by atoms with E-state index in [9.17, 15) is 24.5 Å². The monoisotopic (exact) mass is 811 g/mol. The Balaban J connectivity index is 4.35. The van der Waals surface area contributed by atoms with E-state index < -0.39 is 38.6 Å². The molecule has 0 fully saturated rings. The van der Waals surface area contributed by atoms with Gasteiger partial charge in [0.1, 0.15) is 0 Å². The summed E-state index contributed by atoms with van der Waals surface area (Å²) in [7, 11) is -4.41. The highest BCUT2D eigenvalue weighted by Crippen LogP contribution is 2.43. The summed E-state index contributed by atoms with van der Waals surface area (Å²) in [5, 5.41) is 24.0. The Morgan fingerprint density at radius 3 is 1.62 bits per heavy atom. The van der Waals surface area contributed by atoms with Gasteiger partial charge < -0.3 is 26.2 Å². The lowest BCUT2D eigenvalue weighted by molar-refractivity contribution is -0.124. The third-order valence-corrected chi connectivity index (χ3v) is 10.9. The molecule has 0 aliphatic carbocycles. The van der Waals surface area contributed by atoms with Crippen molar-refractivity contribution in [1.29, 1.82) is 0 Å². The molecule has 0 aromatic carbocycles. The zero-order valence-corrected chi connectivity index (χ0v) is 36.9.